The number of carbonyl (C=O) groups excluding carboxylic acids is 1. The van der Waals surface area contributed by atoms with Crippen molar-refractivity contribution >= 4 is 17.5 Å². The van der Waals surface area contributed by atoms with E-state index in [2.05, 4.69) is 5.10 Å². The van der Waals surface area contributed by atoms with Gasteiger partial charge in [-0.1, -0.05) is 41.9 Å². The van der Waals surface area contributed by atoms with E-state index in [4.69, 9.17) is 17.3 Å². The van der Waals surface area contributed by atoms with Crippen molar-refractivity contribution in [2.24, 2.45) is 5.73 Å². The van der Waals surface area contributed by atoms with E-state index in [1.807, 2.05) is 30.3 Å². The van der Waals surface area contributed by atoms with E-state index < -0.39 is 5.91 Å². The summed E-state index contributed by atoms with van der Waals surface area (Å²) in [7, 11) is 0. The maximum atomic E-state index is 11.6. The third-order valence-electron chi connectivity index (χ3n) is 3.10. The number of nitrogens with two attached hydrogens (primary N) is 1. The first kappa shape index (κ1) is 13.4. The average Bonchev–Trinajstić information content (AvgIpc) is 2.94. The molecule has 3 rings (SSSR count). The van der Waals surface area contributed by atoms with Gasteiger partial charge in [0.15, 0.2) is 0 Å². The predicted octanol–water partition coefficient (Wildman–Crippen LogP) is 3.29. The molecule has 21 heavy (non-hydrogen) atoms. The van der Waals surface area contributed by atoms with Gasteiger partial charge in [0.05, 0.1) is 11.4 Å². The molecule has 0 saturated carbocycles. The Morgan fingerprint density at radius 3 is 2.33 bits per heavy atom. The van der Waals surface area contributed by atoms with E-state index in [-0.39, 0.29) is 0 Å². The Balaban J connectivity index is 2.14. The maximum Gasteiger partial charge on any atom is 0.267 e. The molecule has 1 aromatic heterocycles. The van der Waals surface area contributed by atoms with Gasteiger partial charge in [0.2, 0.25) is 0 Å². The number of carbonyl (C=O) groups is 1. The summed E-state index contributed by atoms with van der Waals surface area (Å²) in [6, 6.07) is 18.4. The van der Waals surface area contributed by atoms with Crippen LogP contribution in [0.1, 0.15) is 10.5 Å². The second-order valence-electron chi connectivity index (χ2n) is 4.53. The summed E-state index contributed by atoms with van der Waals surface area (Å²) in [4.78, 5) is 11.6. The number of benzene rings is 2. The molecule has 0 aliphatic heterocycles. The molecule has 0 unspecified atom stereocenters. The zero-order chi connectivity index (χ0) is 14.8. The van der Waals surface area contributed by atoms with Crippen LogP contribution in [0.5, 0.6) is 0 Å². The normalized spacial score (nSPS) is 10.5. The molecule has 0 radical (unpaired) electrons. The van der Waals surface area contributed by atoms with Crippen molar-refractivity contribution in [3.63, 3.8) is 0 Å². The molecule has 0 aliphatic carbocycles. The van der Waals surface area contributed by atoms with Gasteiger partial charge in [0.1, 0.15) is 5.69 Å². The van der Waals surface area contributed by atoms with Crippen molar-refractivity contribution in [2.75, 3.05) is 0 Å². The third-order valence-corrected chi connectivity index (χ3v) is 3.35. The van der Waals surface area contributed by atoms with E-state index in [0.717, 1.165) is 11.3 Å². The predicted molar refractivity (Wildman–Crippen MR) is 82.5 cm³/mol. The first-order chi connectivity index (χ1) is 10.1. The fraction of sp³-hybridized carbons (Fsp3) is 0. The molecule has 0 fully saturated rings. The minimum atomic E-state index is -0.528. The lowest BCUT2D eigenvalue weighted by molar-refractivity contribution is 0.0993. The van der Waals surface area contributed by atoms with Gasteiger partial charge in [0, 0.05) is 10.6 Å². The minimum absolute atomic E-state index is 0.330. The third kappa shape index (κ3) is 2.66. The number of aromatic nitrogens is 2. The smallest absolute Gasteiger partial charge is 0.267 e. The Hall–Kier alpha value is -2.59. The lowest BCUT2D eigenvalue weighted by atomic mass is 10.1. The number of nitrogens with zero attached hydrogens (tertiary/aromatic N) is 2. The molecule has 1 amide bonds. The summed E-state index contributed by atoms with van der Waals surface area (Å²) >= 11 is 5.88. The molecule has 2 aromatic carbocycles. The number of hydrogen-bond acceptors (Lipinski definition) is 2. The van der Waals surface area contributed by atoms with Crippen LogP contribution in [0.2, 0.25) is 5.02 Å². The standard InChI is InChI=1S/C16H12ClN3O/c17-12-6-8-13(9-7-12)20-15(16(18)21)10-14(19-20)11-4-2-1-3-5-11/h1-10H,(H2,18,21). The minimum Gasteiger partial charge on any atom is -0.364 e. The zero-order valence-electron chi connectivity index (χ0n) is 11.0. The summed E-state index contributed by atoms with van der Waals surface area (Å²) in [6.07, 6.45) is 0. The van der Waals surface area contributed by atoms with Crippen molar-refractivity contribution in [2.45, 2.75) is 0 Å². The van der Waals surface area contributed by atoms with Crippen molar-refractivity contribution in [1.82, 2.24) is 9.78 Å². The molecule has 4 nitrogen and oxygen atoms in total. The van der Waals surface area contributed by atoms with Gasteiger partial charge in [-0.3, -0.25) is 4.79 Å². The fourth-order valence-corrected chi connectivity index (χ4v) is 2.21. The summed E-state index contributed by atoms with van der Waals surface area (Å²) in [5.74, 6) is -0.528. The molecule has 0 bridgehead atoms. The van der Waals surface area contributed by atoms with E-state index in [1.54, 1.807) is 30.3 Å². The zero-order valence-corrected chi connectivity index (χ0v) is 11.8. The summed E-state index contributed by atoms with van der Waals surface area (Å²) < 4.78 is 1.53. The number of amides is 1. The van der Waals surface area contributed by atoms with E-state index in [0.29, 0.717) is 16.4 Å². The second-order valence-corrected chi connectivity index (χ2v) is 4.97. The molecule has 1 heterocycles. The van der Waals surface area contributed by atoms with Crippen molar-refractivity contribution in [3.8, 4) is 16.9 Å². The summed E-state index contributed by atoms with van der Waals surface area (Å²) in [6.45, 7) is 0. The molecule has 2 N–H and O–H groups in total. The molecule has 0 spiro atoms. The first-order valence-electron chi connectivity index (χ1n) is 6.36. The van der Waals surface area contributed by atoms with Gasteiger partial charge < -0.3 is 5.73 Å². The van der Waals surface area contributed by atoms with Gasteiger partial charge >= 0.3 is 0 Å². The van der Waals surface area contributed by atoms with Crippen LogP contribution < -0.4 is 5.73 Å². The van der Waals surface area contributed by atoms with Gasteiger partial charge in [-0.15, -0.1) is 0 Å². The molecular formula is C16H12ClN3O. The van der Waals surface area contributed by atoms with Crippen molar-refractivity contribution in [1.29, 1.82) is 0 Å². The molecule has 104 valence electrons. The molecular weight excluding hydrogens is 286 g/mol. The monoisotopic (exact) mass is 297 g/mol. The van der Waals surface area contributed by atoms with Crippen LogP contribution in [0.25, 0.3) is 16.9 Å². The highest BCUT2D eigenvalue weighted by molar-refractivity contribution is 6.30. The highest BCUT2D eigenvalue weighted by atomic mass is 35.5. The number of primary amides is 1. The van der Waals surface area contributed by atoms with Crippen LogP contribution >= 0.6 is 11.6 Å². The topological polar surface area (TPSA) is 60.9 Å². The average molecular weight is 298 g/mol. The molecule has 0 atom stereocenters. The van der Waals surface area contributed by atoms with Crippen LogP contribution in [0.15, 0.2) is 60.7 Å². The lowest BCUT2D eigenvalue weighted by Crippen LogP contribution is -2.16. The number of hydrogen-bond donors (Lipinski definition) is 1. The van der Waals surface area contributed by atoms with Gasteiger partial charge in [0.25, 0.3) is 5.91 Å². The van der Waals surface area contributed by atoms with E-state index in [9.17, 15) is 4.79 Å². The molecule has 3 aromatic rings. The summed E-state index contributed by atoms with van der Waals surface area (Å²) in [5, 5.41) is 5.09. The van der Waals surface area contributed by atoms with Gasteiger partial charge in [-0.25, -0.2) is 4.68 Å². The van der Waals surface area contributed by atoms with Gasteiger partial charge in [-0.2, -0.15) is 5.10 Å². The Labute approximate surface area is 126 Å². The Bertz CT molecular complexity index is 779. The van der Waals surface area contributed by atoms with Crippen LogP contribution in [0.3, 0.4) is 0 Å². The van der Waals surface area contributed by atoms with Crippen LogP contribution in [0.4, 0.5) is 0 Å². The Morgan fingerprint density at radius 2 is 1.71 bits per heavy atom. The van der Waals surface area contributed by atoms with E-state index >= 15 is 0 Å². The van der Waals surface area contributed by atoms with E-state index in [1.165, 1.54) is 4.68 Å². The highest BCUT2D eigenvalue weighted by Crippen LogP contribution is 2.22. The quantitative estimate of drug-likeness (QED) is 0.806. The second kappa shape index (κ2) is 5.42. The lowest BCUT2D eigenvalue weighted by Gasteiger charge is -2.04. The van der Waals surface area contributed by atoms with Crippen molar-refractivity contribution in [3.05, 3.63) is 71.4 Å². The molecule has 0 aliphatic rings. The first-order valence-corrected chi connectivity index (χ1v) is 6.74. The number of halogens is 1. The van der Waals surface area contributed by atoms with Crippen LogP contribution in [-0.2, 0) is 0 Å². The summed E-state index contributed by atoms with van der Waals surface area (Å²) in [5.41, 5.74) is 8.13. The van der Waals surface area contributed by atoms with Crippen LogP contribution in [0, 0.1) is 0 Å². The Morgan fingerprint density at radius 1 is 1.05 bits per heavy atom. The molecule has 0 saturated heterocycles. The fourth-order valence-electron chi connectivity index (χ4n) is 2.09. The van der Waals surface area contributed by atoms with Crippen molar-refractivity contribution < 1.29 is 4.79 Å². The van der Waals surface area contributed by atoms with Gasteiger partial charge in [-0.05, 0) is 30.3 Å². The maximum absolute atomic E-state index is 11.6. The SMILES string of the molecule is NC(=O)c1cc(-c2ccccc2)nn1-c1ccc(Cl)cc1. The van der Waals surface area contributed by atoms with Crippen LogP contribution in [-0.4, -0.2) is 15.7 Å². The largest absolute Gasteiger partial charge is 0.364 e. The highest BCUT2D eigenvalue weighted by Gasteiger charge is 2.15. The Kier molecular flexibility index (Phi) is 3.46. The molecule has 5 heteroatoms. The number of rotatable bonds is 3.